The largest absolute Gasteiger partial charge is 0.426 e. The lowest BCUT2D eigenvalue weighted by Gasteiger charge is -2.06. The highest BCUT2D eigenvalue weighted by Crippen LogP contribution is 2.19. The number of hydrogen-bond donors (Lipinski definition) is 2. The van der Waals surface area contributed by atoms with Crippen LogP contribution in [0.4, 0.5) is 5.69 Å². The second-order valence-electron chi connectivity index (χ2n) is 4.56. The predicted molar refractivity (Wildman–Crippen MR) is 78.0 cm³/mol. The molecule has 100 valence electrons. The van der Waals surface area contributed by atoms with Gasteiger partial charge in [-0.3, -0.25) is 9.78 Å². The van der Waals surface area contributed by atoms with Crippen molar-refractivity contribution in [3.05, 3.63) is 58.4 Å². The van der Waals surface area contributed by atoms with Gasteiger partial charge in [0.05, 0.1) is 10.9 Å². The smallest absolute Gasteiger partial charge is 0.302 e. The monoisotopic (exact) mass is 267 g/mol. The highest BCUT2D eigenvalue weighted by molar-refractivity contribution is 5.81. The first kappa shape index (κ1) is 12.2. The fraction of sp³-hybridized carbons (Fsp3) is 0.0667. The number of nitrogens with zero attached hydrogens (tertiary/aromatic N) is 1. The number of anilines is 1. The molecular formula is C15H13N3O2. The molecule has 0 fully saturated rings. The normalized spacial score (nSPS) is 10.7. The summed E-state index contributed by atoms with van der Waals surface area (Å²) < 4.78 is 5.55. The molecule has 2 aromatic carbocycles. The Hall–Kier alpha value is -2.82. The van der Waals surface area contributed by atoms with Crippen molar-refractivity contribution in [3.63, 3.8) is 0 Å². The van der Waals surface area contributed by atoms with Gasteiger partial charge in [-0.05, 0) is 37.3 Å². The average molecular weight is 267 g/mol. The first-order valence-corrected chi connectivity index (χ1v) is 6.16. The minimum absolute atomic E-state index is 0.163. The van der Waals surface area contributed by atoms with Crippen LogP contribution in [-0.2, 0) is 0 Å². The quantitative estimate of drug-likeness (QED) is 0.699. The maximum atomic E-state index is 12.0. The molecule has 0 saturated carbocycles. The molecule has 0 aliphatic carbocycles. The summed E-state index contributed by atoms with van der Waals surface area (Å²) in [4.78, 5) is 18.8. The summed E-state index contributed by atoms with van der Waals surface area (Å²) >= 11 is 0. The Morgan fingerprint density at radius 3 is 2.65 bits per heavy atom. The van der Waals surface area contributed by atoms with Gasteiger partial charge in [-0.2, -0.15) is 4.98 Å². The lowest BCUT2D eigenvalue weighted by atomic mass is 10.2. The van der Waals surface area contributed by atoms with Crippen molar-refractivity contribution in [3.8, 4) is 11.8 Å². The van der Waals surface area contributed by atoms with Crippen LogP contribution < -0.4 is 16.0 Å². The molecule has 0 saturated heterocycles. The molecule has 1 heterocycles. The molecule has 0 spiro atoms. The number of H-pyrrole nitrogens is 1. The van der Waals surface area contributed by atoms with Gasteiger partial charge in [0.1, 0.15) is 5.75 Å². The van der Waals surface area contributed by atoms with Gasteiger partial charge >= 0.3 is 6.01 Å². The number of nitrogens with one attached hydrogen (secondary N) is 1. The van der Waals surface area contributed by atoms with Gasteiger partial charge < -0.3 is 10.5 Å². The lowest BCUT2D eigenvalue weighted by Crippen LogP contribution is -2.09. The summed E-state index contributed by atoms with van der Waals surface area (Å²) in [5.74, 6) is 0.619. The van der Waals surface area contributed by atoms with E-state index in [1.807, 2.05) is 31.2 Å². The Balaban J connectivity index is 2.02. The van der Waals surface area contributed by atoms with Crippen LogP contribution in [0.2, 0.25) is 0 Å². The molecule has 0 amide bonds. The summed E-state index contributed by atoms with van der Waals surface area (Å²) in [6.45, 7) is 1.99. The van der Waals surface area contributed by atoms with Crippen LogP contribution in [0.3, 0.4) is 0 Å². The van der Waals surface area contributed by atoms with Crippen LogP contribution in [0, 0.1) is 6.92 Å². The van der Waals surface area contributed by atoms with Crippen LogP contribution in [-0.4, -0.2) is 9.97 Å². The van der Waals surface area contributed by atoms with Crippen molar-refractivity contribution >= 4 is 16.6 Å². The van der Waals surface area contributed by atoms with Crippen LogP contribution >= 0.6 is 0 Å². The van der Waals surface area contributed by atoms with Gasteiger partial charge in [0.2, 0.25) is 0 Å². The standard InChI is InChI=1S/C15H13N3O2/c1-9-2-5-11(6-3-9)20-15-17-13-7-4-10(16)8-12(13)14(19)18-15/h2-8H,16H2,1H3,(H,17,18,19). The van der Waals surface area contributed by atoms with Gasteiger partial charge in [0.15, 0.2) is 0 Å². The van der Waals surface area contributed by atoms with Crippen molar-refractivity contribution in [2.45, 2.75) is 6.92 Å². The van der Waals surface area contributed by atoms with E-state index in [1.165, 1.54) is 0 Å². The summed E-state index contributed by atoms with van der Waals surface area (Å²) in [7, 11) is 0. The molecule has 20 heavy (non-hydrogen) atoms. The van der Waals surface area contributed by atoms with E-state index in [2.05, 4.69) is 9.97 Å². The number of nitrogen functional groups attached to an aromatic ring is 1. The van der Waals surface area contributed by atoms with E-state index < -0.39 is 0 Å². The fourth-order valence-corrected chi connectivity index (χ4v) is 1.90. The fourth-order valence-electron chi connectivity index (χ4n) is 1.90. The van der Waals surface area contributed by atoms with Crippen LogP contribution in [0.15, 0.2) is 47.3 Å². The number of nitrogens with two attached hydrogens (primary N) is 1. The van der Waals surface area contributed by atoms with E-state index in [-0.39, 0.29) is 11.6 Å². The number of rotatable bonds is 2. The van der Waals surface area contributed by atoms with Crippen LogP contribution in [0.25, 0.3) is 10.9 Å². The molecule has 0 unspecified atom stereocenters. The lowest BCUT2D eigenvalue weighted by molar-refractivity contribution is 0.442. The number of aromatic nitrogens is 2. The van der Waals surface area contributed by atoms with Gasteiger partial charge in [-0.1, -0.05) is 17.7 Å². The number of aryl methyl sites for hydroxylation is 1. The molecule has 1 aromatic heterocycles. The van der Waals surface area contributed by atoms with Crippen LogP contribution in [0.5, 0.6) is 11.8 Å². The Morgan fingerprint density at radius 1 is 1.15 bits per heavy atom. The van der Waals surface area contributed by atoms with E-state index in [0.29, 0.717) is 22.3 Å². The van der Waals surface area contributed by atoms with E-state index in [0.717, 1.165) is 5.56 Å². The minimum atomic E-state index is -0.274. The number of hydrogen-bond acceptors (Lipinski definition) is 4. The van der Waals surface area contributed by atoms with E-state index in [1.54, 1.807) is 18.2 Å². The maximum absolute atomic E-state index is 12.0. The molecule has 0 radical (unpaired) electrons. The Morgan fingerprint density at radius 2 is 1.90 bits per heavy atom. The number of aromatic amines is 1. The summed E-state index contributed by atoms with van der Waals surface area (Å²) in [6.07, 6.45) is 0. The number of ether oxygens (including phenoxy) is 1. The second-order valence-corrected chi connectivity index (χ2v) is 4.56. The first-order chi connectivity index (χ1) is 9.61. The third-order valence-corrected chi connectivity index (χ3v) is 2.94. The molecule has 3 rings (SSSR count). The zero-order valence-electron chi connectivity index (χ0n) is 10.9. The summed E-state index contributed by atoms with van der Waals surface area (Å²) in [6, 6.07) is 12.6. The molecule has 0 aliphatic rings. The summed E-state index contributed by atoms with van der Waals surface area (Å²) in [5, 5.41) is 0.446. The third kappa shape index (κ3) is 2.33. The zero-order chi connectivity index (χ0) is 14.1. The molecule has 5 nitrogen and oxygen atoms in total. The molecule has 0 aliphatic heterocycles. The van der Waals surface area contributed by atoms with Crippen molar-refractivity contribution in [2.75, 3.05) is 5.73 Å². The number of fused-ring (bicyclic) bond motifs is 1. The van der Waals surface area contributed by atoms with E-state index in [4.69, 9.17) is 10.5 Å². The molecule has 0 bridgehead atoms. The summed E-state index contributed by atoms with van der Waals surface area (Å²) in [5.41, 5.74) is 7.59. The molecular weight excluding hydrogens is 254 g/mol. The third-order valence-electron chi connectivity index (χ3n) is 2.94. The van der Waals surface area contributed by atoms with Gasteiger partial charge in [-0.15, -0.1) is 0 Å². The predicted octanol–water partition coefficient (Wildman–Crippen LogP) is 2.61. The van der Waals surface area contributed by atoms with Crippen LogP contribution in [0.1, 0.15) is 5.56 Å². The molecule has 3 aromatic rings. The van der Waals surface area contributed by atoms with Gasteiger partial charge in [-0.25, -0.2) is 0 Å². The average Bonchev–Trinajstić information content (AvgIpc) is 2.42. The second kappa shape index (κ2) is 4.70. The Bertz CT molecular complexity index is 823. The first-order valence-electron chi connectivity index (χ1n) is 6.16. The highest BCUT2D eigenvalue weighted by Gasteiger charge is 2.06. The topological polar surface area (TPSA) is 81.0 Å². The SMILES string of the molecule is Cc1ccc(Oc2nc3ccc(N)cc3c(=O)[nH]2)cc1. The molecule has 5 heteroatoms. The van der Waals surface area contributed by atoms with Crippen molar-refractivity contribution in [1.82, 2.24) is 9.97 Å². The minimum Gasteiger partial charge on any atom is -0.426 e. The van der Waals surface area contributed by atoms with Gasteiger partial charge in [0.25, 0.3) is 5.56 Å². The van der Waals surface area contributed by atoms with E-state index >= 15 is 0 Å². The molecule has 3 N–H and O–H groups in total. The van der Waals surface area contributed by atoms with Crippen molar-refractivity contribution < 1.29 is 4.74 Å². The molecule has 0 atom stereocenters. The zero-order valence-corrected chi connectivity index (χ0v) is 10.9. The van der Waals surface area contributed by atoms with Crippen molar-refractivity contribution in [2.24, 2.45) is 0 Å². The van der Waals surface area contributed by atoms with Gasteiger partial charge in [0, 0.05) is 5.69 Å². The van der Waals surface area contributed by atoms with Crippen molar-refractivity contribution in [1.29, 1.82) is 0 Å². The maximum Gasteiger partial charge on any atom is 0.302 e. The highest BCUT2D eigenvalue weighted by atomic mass is 16.5. The Labute approximate surface area is 115 Å². The Kier molecular flexibility index (Phi) is 2.87. The van der Waals surface area contributed by atoms with E-state index in [9.17, 15) is 4.79 Å². The number of benzene rings is 2.